The van der Waals surface area contributed by atoms with Crippen molar-refractivity contribution in [3.63, 3.8) is 0 Å². The van der Waals surface area contributed by atoms with Gasteiger partial charge in [0.05, 0.1) is 5.75 Å². The van der Waals surface area contributed by atoms with Gasteiger partial charge in [-0.15, -0.1) is 11.3 Å². The highest BCUT2D eigenvalue weighted by molar-refractivity contribution is 8.00. The molecule has 1 amide bonds. The van der Waals surface area contributed by atoms with E-state index in [1.54, 1.807) is 18.1 Å². The number of rotatable bonds is 3. The Morgan fingerprint density at radius 2 is 2.08 bits per heavy atom. The van der Waals surface area contributed by atoms with Crippen LogP contribution in [0.15, 0.2) is 11.4 Å². The fraction of sp³-hybridized carbons (Fsp3) is 0.611. The van der Waals surface area contributed by atoms with E-state index in [9.17, 15) is 4.79 Å². The van der Waals surface area contributed by atoms with Crippen LogP contribution in [0.25, 0.3) is 10.2 Å². The first kappa shape index (κ1) is 16.3. The summed E-state index contributed by atoms with van der Waals surface area (Å²) in [7, 11) is 0. The molecule has 0 atom stereocenters. The van der Waals surface area contributed by atoms with Gasteiger partial charge in [-0.05, 0) is 50.0 Å². The lowest BCUT2D eigenvalue weighted by Crippen LogP contribution is -2.38. The quantitative estimate of drug-likeness (QED) is 0.614. The van der Waals surface area contributed by atoms with Gasteiger partial charge < -0.3 is 4.90 Å². The number of fused-ring (bicyclic) bond motifs is 3. The molecule has 6 heteroatoms. The third-order valence-corrected chi connectivity index (χ3v) is 7.36. The molecule has 1 fully saturated rings. The van der Waals surface area contributed by atoms with Gasteiger partial charge in [-0.25, -0.2) is 9.97 Å². The molecule has 0 radical (unpaired) electrons. The number of carbonyl (C=O) groups is 1. The second-order valence-electron chi connectivity index (χ2n) is 6.92. The van der Waals surface area contributed by atoms with Crippen molar-refractivity contribution < 1.29 is 4.79 Å². The number of nitrogens with zero attached hydrogens (tertiary/aromatic N) is 3. The number of likely N-dealkylation sites (tertiary alicyclic amines) is 1. The highest BCUT2D eigenvalue weighted by Crippen LogP contribution is 2.39. The van der Waals surface area contributed by atoms with Crippen molar-refractivity contribution in [1.82, 2.24) is 14.9 Å². The molecule has 4 rings (SSSR count). The van der Waals surface area contributed by atoms with Crippen molar-refractivity contribution in [1.29, 1.82) is 0 Å². The van der Waals surface area contributed by atoms with Crippen LogP contribution in [-0.4, -0.2) is 39.6 Å². The molecular weight excluding hydrogens is 338 g/mol. The molecule has 2 aliphatic rings. The van der Waals surface area contributed by atoms with Crippen LogP contribution in [-0.2, 0) is 17.6 Å². The summed E-state index contributed by atoms with van der Waals surface area (Å²) in [6, 6.07) is 0. The highest BCUT2D eigenvalue weighted by Gasteiger charge is 2.23. The Bertz CT molecular complexity index is 750. The fourth-order valence-corrected chi connectivity index (χ4v) is 5.87. The van der Waals surface area contributed by atoms with Gasteiger partial charge in [-0.3, -0.25) is 4.79 Å². The number of hydrogen-bond donors (Lipinski definition) is 0. The third-order valence-electron chi connectivity index (χ3n) is 5.19. The number of aromatic nitrogens is 2. The van der Waals surface area contributed by atoms with Gasteiger partial charge in [0, 0.05) is 23.4 Å². The van der Waals surface area contributed by atoms with Gasteiger partial charge in [0.15, 0.2) is 0 Å². The van der Waals surface area contributed by atoms with Crippen molar-refractivity contribution in [3.8, 4) is 0 Å². The standard InChI is InChI=1S/C18H23N3OS2/c1-12-6-8-21(9-7-12)15(22)10-23-17-16-13-4-2-3-5-14(13)24-18(16)20-11-19-17/h11-12H,2-10H2,1H3. The summed E-state index contributed by atoms with van der Waals surface area (Å²) in [6.07, 6.45) is 8.75. The van der Waals surface area contributed by atoms with Crippen molar-refractivity contribution in [2.45, 2.75) is 50.5 Å². The van der Waals surface area contributed by atoms with E-state index in [4.69, 9.17) is 0 Å². The fourth-order valence-electron chi connectivity index (χ4n) is 3.65. The SMILES string of the molecule is CC1CCN(C(=O)CSc2ncnc3sc4c(c23)CCCC4)CC1. The van der Waals surface area contributed by atoms with Gasteiger partial charge in [-0.2, -0.15) is 0 Å². The van der Waals surface area contributed by atoms with E-state index in [0.29, 0.717) is 5.75 Å². The zero-order valence-electron chi connectivity index (χ0n) is 14.1. The normalized spacial score (nSPS) is 18.8. The van der Waals surface area contributed by atoms with Crippen LogP contribution >= 0.6 is 23.1 Å². The number of piperidine rings is 1. The number of hydrogen-bond acceptors (Lipinski definition) is 5. The Morgan fingerprint density at radius 1 is 1.29 bits per heavy atom. The average Bonchev–Trinajstić information content (AvgIpc) is 2.99. The smallest absolute Gasteiger partial charge is 0.232 e. The zero-order chi connectivity index (χ0) is 16.5. The predicted molar refractivity (Wildman–Crippen MR) is 99.8 cm³/mol. The summed E-state index contributed by atoms with van der Waals surface area (Å²) in [5.74, 6) is 1.49. The molecule has 1 saturated heterocycles. The molecule has 0 N–H and O–H groups in total. The van der Waals surface area contributed by atoms with Crippen molar-refractivity contribution in [2.24, 2.45) is 5.92 Å². The van der Waals surface area contributed by atoms with Crippen LogP contribution in [0.4, 0.5) is 0 Å². The summed E-state index contributed by atoms with van der Waals surface area (Å²) in [4.78, 5) is 26.1. The van der Waals surface area contributed by atoms with Crippen LogP contribution < -0.4 is 0 Å². The minimum Gasteiger partial charge on any atom is -0.342 e. The van der Waals surface area contributed by atoms with E-state index in [2.05, 4.69) is 16.9 Å². The first-order chi connectivity index (χ1) is 11.7. The summed E-state index contributed by atoms with van der Waals surface area (Å²) in [5.41, 5.74) is 1.45. The van der Waals surface area contributed by atoms with Crippen LogP contribution in [0.3, 0.4) is 0 Å². The maximum atomic E-state index is 12.5. The molecule has 0 spiro atoms. The number of aryl methyl sites for hydroxylation is 2. The lowest BCUT2D eigenvalue weighted by atomic mass is 9.97. The molecule has 0 saturated carbocycles. The van der Waals surface area contributed by atoms with Gasteiger partial charge in [0.1, 0.15) is 16.2 Å². The van der Waals surface area contributed by atoms with Crippen LogP contribution in [0.1, 0.15) is 43.0 Å². The minimum atomic E-state index is 0.253. The van der Waals surface area contributed by atoms with Gasteiger partial charge in [-0.1, -0.05) is 18.7 Å². The van der Waals surface area contributed by atoms with Crippen molar-refractivity contribution in [2.75, 3.05) is 18.8 Å². The molecule has 0 unspecified atom stereocenters. The largest absolute Gasteiger partial charge is 0.342 e. The van der Waals surface area contributed by atoms with E-state index < -0.39 is 0 Å². The second kappa shape index (κ2) is 7.00. The third kappa shape index (κ3) is 3.18. The Hall–Kier alpha value is -1.14. The predicted octanol–water partition coefficient (Wildman–Crippen LogP) is 3.92. The van der Waals surface area contributed by atoms with Crippen molar-refractivity contribution >= 4 is 39.2 Å². The monoisotopic (exact) mass is 361 g/mol. The zero-order valence-corrected chi connectivity index (χ0v) is 15.7. The maximum Gasteiger partial charge on any atom is 0.232 e. The highest BCUT2D eigenvalue weighted by atomic mass is 32.2. The van der Waals surface area contributed by atoms with Crippen LogP contribution in [0.5, 0.6) is 0 Å². The van der Waals surface area contributed by atoms with E-state index in [1.807, 2.05) is 16.2 Å². The van der Waals surface area contributed by atoms with E-state index in [-0.39, 0.29) is 5.91 Å². The first-order valence-corrected chi connectivity index (χ1v) is 10.7. The van der Waals surface area contributed by atoms with E-state index in [1.165, 1.54) is 35.1 Å². The summed E-state index contributed by atoms with van der Waals surface area (Å²) < 4.78 is 0. The Morgan fingerprint density at radius 3 is 2.92 bits per heavy atom. The first-order valence-electron chi connectivity index (χ1n) is 8.88. The Balaban J connectivity index is 1.50. The Labute approximate surface area is 151 Å². The molecule has 1 aliphatic carbocycles. The number of amides is 1. The summed E-state index contributed by atoms with van der Waals surface area (Å²) in [6.45, 7) is 4.09. The number of thioether (sulfide) groups is 1. The van der Waals surface area contributed by atoms with Gasteiger partial charge >= 0.3 is 0 Å². The molecular formula is C18H23N3OS2. The average molecular weight is 362 g/mol. The molecule has 2 aromatic heterocycles. The van der Waals surface area contributed by atoms with Gasteiger partial charge in [0.25, 0.3) is 0 Å². The summed E-state index contributed by atoms with van der Waals surface area (Å²) in [5, 5.41) is 2.22. The molecule has 1 aliphatic heterocycles. The molecule has 0 bridgehead atoms. The molecule has 4 nitrogen and oxygen atoms in total. The maximum absolute atomic E-state index is 12.5. The molecule has 2 aromatic rings. The Kier molecular flexibility index (Phi) is 4.77. The number of carbonyl (C=O) groups excluding carboxylic acids is 1. The number of thiophene rings is 1. The van der Waals surface area contributed by atoms with Crippen LogP contribution in [0.2, 0.25) is 0 Å². The molecule has 128 valence electrons. The summed E-state index contributed by atoms with van der Waals surface area (Å²) >= 11 is 3.41. The topological polar surface area (TPSA) is 46.1 Å². The van der Waals surface area contributed by atoms with E-state index >= 15 is 0 Å². The minimum absolute atomic E-state index is 0.253. The van der Waals surface area contributed by atoms with Crippen LogP contribution in [0, 0.1) is 5.92 Å². The lowest BCUT2D eigenvalue weighted by Gasteiger charge is -2.30. The lowest BCUT2D eigenvalue weighted by molar-refractivity contribution is -0.129. The van der Waals surface area contributed by atoms with E-state index in [0.717, 1.165) is 48.1 Å². The molecule has 24 heavy (non-hydrogen) atoms. The second-order valence-corrected chi connectivity index (χ2v) is 8.97. The van der Waals surface area contributed by atoms with Gasteiger partial charge in [0.2, 0.25) is 5.91 Å². The molecule has 0 aromatic carbocycles. The molecule has 3 heterocycles. The van der Waals surface area contributed by atoms with Crippen molar-refractivity contribution in [3.05, 3.63) is 16.8 Å².